The van der Waals surface area contributed by atoms with Crippen LogP contribution >= 0.6 is 0 Å². The molecular weight excluding hydrogens is 323 g/mol. The topological polar surface area (TPSA) is 60.4 Å². The van der Waals surface area contributed by atoms with Crippen molar-refractivity contribution in [1.82, 2.24) is 15.2 Å². The molecule has 1 atom stereocenters. The van der Waals surface area contributed by atoms with Crippen LogP contribution in [0.15, 0.2) is 30.5 Å². The van der Waals surface area contributed by atoms with Crippen molar-refractivity contribution in [3.63, 3.8) is 0 Å². The Hall–Kier alpha value is -2.28. The van der Waals surface area contributed by atoms with E-state index in [4.69, 9.17) is 9.47 Å². The molecule has 132 valence electrons. The van der Waals surface area contributed by atoms with Gasteiger partial charge in [0.25, 0.3) is 0 Å². The highest BCUT2D eigenvalue weighted by Crippen LogP contribution is 2.42. The number of aromatic nitrogens is 3. The predicted molar refractivity (Wildman–Crippen MR) is 90.1 cm³/mol. The second kappa shape index (κ2) is 6.55. The minimum absolute atomic E-state index is 0.0700. The van der Waals surface area contributed by atoms with Crippen molar-refractivity contribution in [3.8, 4) is 5.88 Å². The van der Waals surface area contributed by atoms with Crippen LogP contribution in [0, 0.1) is 18.7 Å². The van der Waals surface area contributed by atoms with E-state index in [1.54, 1.807) is 6.07 Å². The van der Waals surface area contributed by atoms with Gasteiger partial charge in [0.05, 0.1) is 25.4 Å². The number of rotatable bonds is 5. The maximum absolute atomic E-state index is 13.6. The Kier molecular flexibility index (Phi) is 4.25. The van der Waals surface area contributed by atoms with Gasteiger partial charge in [-0.25, -0.2) is 9.37 Å². The highest BCUT2D eigenvalue weighted by atomic mass is 19.1. The number of nitrogens with zero attached hydrogens (tertiary/aromatic N) is 4. The summed E-state index contributed by atoms with van der Waals surface area (Å²) in [5.41, 5.74) is 0.770. The molecule has 2 aromatic rings. The first-order valence-electron chi connectivity index (χ1n) is 8.59. The van der Waals surface area contributed by atoms with Crippen LogP contribution in [0.1, 0.15) is 18.5 Å². The Morgan fingerprint density at radius 1 is 1.32 bits per heavy atom. The third-order valence-corrected chi connectivity index (χ3v) is 5.05. The quantitative estimate of drug-likeness (QED) is 0.830. The summed E-state index contributed by atoms with van der Waals surface area (Å²) in [6.45, 7) is 4.75. The zero-order chi connectivity index (χ0) is 17.3. The summed E-state index contributed by atoms with van der Waals surface area (Å²) in [4.78, 5) is 6.10. The predicted octanol–water partition coefficient (Wildman–Crippen LogP) is 2.38. The molecule has 0 bridgehead atoms. The Labute approximate surface area is 146 Å². The van der Waals surface area contributed by atoms with Gasteiger partial charge in [-0.05, 0) is 49.9 Å². The van der Waals surface area contributed by atoms with E-state index in [0.717, 1.165) is 44.0 Å². The molecule has 0 unspecified atom stereocenters. The van der Waals surface area contributed by atoms with E-state index in [2.05, 4.69) is 20.1 Å². The Bertz CT molecular complexity index is 734. The molecule has 0 saturated carbocycles. The standard InChI is InChI=1S/C18H21FN4O2/c1-13-4-5-16(22-21-13)23-11-18(12-23)14(7-10-25-18)6-9-24-17-15(19)3-2-8-20-17/h2-5,8,14H,6-7,9-12H2,1H3/t14-/m0/s1. The molecule has 0 radical (unpaired) electrons. The van der Waals surface area contributed by atoms with Crippen LogP contribution in [-0.2, 0) is 4.74 Å². The van der Waals surface area contributed by atoms with Crippen molar-refractivity contribution < 1.29 is 13.9 Å². The molecule has 0 N–H and O–H groups in total. The Morgan fingerprint density at radius 3 is 2.96 bits per heavy atom. The van der Waals surface area contributed by atoms with Gasteiger partial charge in [0.2, 0.25) is 5.88 Å². The molecule has 2 aromatic heterocycles. The normalized spacial score (nSPS) is 21.4. The van der Waals surface area contributed by atoms with E-state index in [1.807, 2.05) is 19.1 Å². The first kappa shape index (κ1) is 16.2. The zero-order valence-electron chi connectivity index (χ0n) is 14.2. The van der Waals surface area contributed by atoms with E-state index >= 15 is 0 Å². The van der Waals surface area contributed by atoms with Gasteiger partial charge < -0.3 is 14.4 Å². The van der Waals surface area contributed by atoms with Crippen molar-refractivity contribution in [1.29, 1.82) is 0 Å². The molecule has 0 aromatic carbocycles. The van der Waals surface area contributed by atoms with Crippen molar-refractivity contribution in [2.75, 3.05) is 31.2 Å². The van der Waals surface area contributed by atoms with Gasteiger partial charge in [-0.15, -0.1) is 5.10 Å². The summed E-state index contributed by atoms with van der Waals surface area (Å²) in [6, 6.07) is 6.87. The molecule has 0 aliphatic carbocycles. The van der Waals surface area contributed by atoms with Crippen molar-refractivity contribution in [2.24, 2.45) is 5.92 Å². The second-order valence-electron chi connectivity index (χ2n) is 6.72. The lowest BCUT2D eigenvalue weighted by molar-refractivity contribution is -0.0479. The molecule has 0 amide bonds. The molecule has 2 saturated heterocycles. The number of pyridine rings is 1. The van der Waals surface area contributed by atoms with E-state index in [1.165, 1.54) is 12.3 Å². The number of anilines is 1. The maximum Gasteiger partial charge on any atom is 0.250 e. The number of hydrogen-bond acceptors (Lipinski definition) is 6. The first-order valence-corrected chi connectivity index (χ1v) is 8.59. The summed E-state index contributed by atoms with van der Waals surface area (Å²) in [5.74, 6) is 0.930. The van der Waals surface area contributed by atoms with Crippen LogP contribution in [0.4, 0.5) is 10.2 Å². The number of halogens is 1. The minimum Gasteiger partial charge on any atom is -0.476 e. The van der Waals surface area contributed by atoms with Crippen molar-refractivity contribution in [2.45, 2.75) is 25.4 Å². The average molecular weight is 344 g/mol. The Morgan fingerprint density at radius 2 is 2.20 bits per heavy atom. The van der Waals surface area contributed by atoms with Crippen molar-refractivity contribution >= 4 is 5.82 Å². The number of hydrogen-bond donors (Lipinski definition) is 0. The largest absolute Gasteiger partial charge is 0.476 e. The fraction of sp³-hybridized carbons (Fsp3) is 0.500. The van der Waals surface area contributed by atoms with E-state index in [9.17, 15) is 4.39 Å². The van der Waals surface area contributed by atoms with Gasteiger partial charge in [-0.3, -0.25) is 0 Å². The smallest absolute Gasteiger partial charge is 0.250 e. The number of ether oxygens (including phenoxy) is 2. The fourth-order valence-corrected chi connectivity index (χ4v) is 3.64. The molecule has 2 aliphatic rings. The summed E-state index contributed by atoms with van der Waals surface area (Å²) in [6.07, 6.45) is 3.36. The van der Waals surface area contributed by atoms with Crippen LogP contribution in [0.2, 0.25) is 0 Å². The molecule has 2 aliphatic heterocycles. The van der Waals surface area contributed by atoms with E-state index < -0.39 is 5.82 Å². The lowest BCUT2D eigenvalue weighted by Gasteiger charge is -2.50. The van der Waals surface area contributed by atoms with Gasteiger partial charge in [0.1, 0.15) is 5.60 Å². The van der Waals surface area contributed by atoms with E-state index in [-0.39, 0.29) is 11.5 Å². The highest BCUT2D eigenvalue weighted by Gasteiger charge is 2.53. The summed E-state index contributed by atoms with van der Waals surface area (Å²) in [7, 11) is 0. The fourth-order valence-electron chi connectivity index (χ4n) is 3.64. The molecule has 25 heavy (non-hydrogen) atoms. The summed E-state index contributed by atoms with van der Waals surface area (Å²) in [5, 5.41) is 8.35. The van der Waals surface area contributed by atoms with E-state index in [0.29, 0.717) is 12.5 Å². The van der Waals surface area contributed by atoms with Crippen LogP contribution in [0.3, 0.4) is 0 Å². The molecular formula is C18H21FN4O2. The lowest BCUT2D eigenvalue weighted by atomic mass is 9.79. The number of aryl methyl sites for hydroxylation is 1. The van der Waals surface area contributed by atoms with Crippen LogP contribution in [-0.4, -0.2) is 47.1 Å². The van der Waals surface area contributed by atoms with Gasteiger partial charge in [-0.1, -0.05) is 0 Å². The minimum atomic E-state index is -0.423. The third-order valence-electron chi connectivity index (χ3n) is 5.05. The van der Waals surface area contributed by atoms with Gasteiger partial charge in [-0.2, -0.15) is 5.10 Å². The molecule has 4 rings (SSSR count). The van der Waals surface area contributed by atoms with Gasteiger partial charge in [0, 0.05) is 12.8 Å². The first-order chi connectivity index (χ1) is 12.2. The lowest BCUT2D eigenvalue weighted by Crippen LogP contribution is -2.65. The molecule has 6 nitrogen and oxygen atoms in total. The monoisotopic (exact) mass is 344 g/mol. The second-order valence-corrected chi connectivity index (χ2v) is 6.72. The van der Waals surface area contributed by atoms with Gasteiger partial charge >= 0.3 is 0 Å². The molecule has 2 fully saturated rings. The molecule has 7 heteroatoms. The van der Waals surface area contributed by atoms with Crippen LogP contribution in [0.5, 0.6) is 5.88 Å². The van der Waals surface area contributed by atoms with Crippen molar-refractivity contribution in [3.05, 3.63) is 42.0 Å². The molecule has 1 spiro atoms. The third kappa shape index (κ3) is 3.16. The SMILES string of the molecule is Cc1ccc(N2CC3(C2)OCC[C@@H]3CCOc2ncccc2F)nn1. The van der Waals surface area contributed by atoms with Crippen LogP contribution in [0.25, 0.3) is 0 Å². The van der Waals surface area contributed by atoms with Crippen LogP contribution < -0.4 is 9.64 Å². The average Bonchev–Trinajstić information content (AvgIpc) is 3.00. The Balaban J connectivity index is 1.32. The van der Waals surface area contributed by atoms with Gasteiger partial charge in [0.15, 0.2) is 11.6 Å². The maximum atomic E-state index is 13.6. The summed E-state index contributed by atoms with van der Waals surface area (Å²) < 4.78 is 25.1. The summed E-state index contributed by atoms with van der Waals surface area (Å²) >= 11 is 0. The molecule has 4 heterocycles. The zero-order valence-corrected chi connectivity index (χ0v) is 14.2. The highest BCUT2D eigenvalue weighted by molar-refractivity contribution is 5.43.